The number of carbonyl (C=O) groups is 1. The molecule has 3 atom stereocenters. The van der Waals surface area contributed by atoms with Crippen LogP contribution in [0.25, 0.3) is 5.69 Å². The number of aryl methyl sites for hydroxylation is 1. The highest BCUT2D eigenvalue weighted by atomic mass is 35.5. The summed E-state index contributed by atoms with van der Waals surface area (Å²) in [7, 11) is 3.97. The first-order valence-corrected chi connectivity index (χ1v) is 14.0. The van der Waals surface area contributed by atoms with Crippen molar-refractivity contribution >= 4 is 29.1 Å². The average molecular weight is 577 g/mol. The van der Waals surface area contributed by atoms with Crippen LogP contribution in [0.1, 0.15) is 61.7 Å². The van der Waals surface area contributed by atoms with Gasteiger partial charge in [0.2, 0.25) is 5.91 Å². The van der Waals surface area contributed by atoms with Gasteiger partial charge in [0.15, 0.2) is 0 Å². The highest BCUT2D eigenvalue weighted by molar-refractivity contribution is 6.34. The third-order valence-corrected chi connectivity index (χ3v) is 9.16. The van der Waals surface area contributed by atoms with Crippen molar-refractivity contribution in [3.05, 3.63) is 75.3 Å². The maximum absolute atomic E-state index is 14.9. The summed E-state index contributed by atoms with van der Waals surface area (Å²) < 4.78 is 30.3. The maximum atomic E-state index is 14.9. The van der Waals surface area contributed by atoms with Gasteiger partial charge < -0.3 is 9.80 Å². The van der Waals surface area contributed by atoms with Crippen molar-refractivity contribution in [3.63, 3.8) is 0 Å². The molecule has 39 heavy (non-hydrogen) atoms. The Hall–Kier alpha value is -2.55. The third kappa shape index (κ3) is 5.43. The Kier molecular flexibility index (Phi) is 7.74. The molecule has 0 N–H and O–H groups in total. The van der Waals surface area contributed by atoms with E-state index in [1.165, 1.54) is 12.1 Å². The average Bonchev–Trinajstić information content (AvgIpc) is 3.46. The summed E-state index contributed by atoms with van der Waals surface area (Å²) in [6, 6.07) is 8.94. The van der Waals surface area contributed by atoms with E-state index in [0.717, 1.165) is 24.7 Å². The first kappa shape index (κ1) is 28.0. The SMILES string of the molecule is Cc1nc(C2CCN(C(=O)[C@@H]3C[C@@](C)(N(C)C)C[C@H]3c3ccc(F)cc3F)CC2)n(-c2cc(Cl)ccc2Cl)n1. The van der Waals surface area contributed by atoms with Crippen molar-refractivity contribution in [3.8, 4) is 5.69 Å². The van der Waals surface area contributed by atoms with Crippen LogP contribution >= 0.6 is 23.2 Å². The van der Waals surface area contributed by atoms with Gasteiger partial charge in [-0.2, -0.15) is 5.10 Å². The molecule has 2 fully saturated rings. The standard InChI is InChI=1S/C29H33Cl2F2N5O/c1-17-34-27(38(35-17)26-13-19(30)5-8-24(26)31)18-9-11-37(12-10-18)28(39)23-16-29(2,36(3)4)15-22(23)21-7-6-20(32)14-25(21)33/h5-8,13-14,18,22-23H,9-12,15-16H2,1-4H3/t22-,23+,29-/m0/s1. The monoisotopic (exact) mass is 575 g/mol. The second kappa shape index (κ2) is 10.8. The molecule has 3 aromatic rings. The van der Waals surface area contributed by atoms with Crippen LogP contribution < -0.4 is 0 Å². The zero-order valence-electron chi connectivity index (χ0n) is 22.6. The fourth-order valence-electron chi connectivity index (χ4n) is 6.18. The molecule has 0 unspecified atom stereocenters. The molecule has 0 bridgehead atoms. The minimum atomic E-state index is -0.614. The van der Waals surface area contributed by atoms with E-state index in [0.29, 0.717) is 53.1 Å². The molecule has 2 aliphatic rings. The van der Waals surface area contributed by atoms with Crippen LogP contribution in [0, 0.1) is 24.5 Å². The lowest BCUT2D eigenvalue weighted by molar-refractivity contribution is -0.137. The smallest absolute Gasteiger partial charge is 0.226 e. The van der Waals surface area contributed by atoms with Gasteiger partial charge in [0.05, 0.1) is 10.7 Å². The second-order valence-electron chi connectivity index (χ2n) is 11.3. The van der Waals surface area contributed by atoms with Crippen molar-refractivity contribution in [1.82, 2.24) is 24.6 Å². The van der Waals surface area contributed by atoms with Gasteiger partial charge in [-0.3, -0.25) is 4.79 Å². The van der Waals surface area contributed by atoms with Crippen molar-refractivity contribution in [2.75, 3.05) is 27.2 Å². The fraction of sp³-hybridized carbons (Fsp3) is 0.483. The van der Waals surface area contributed by atoms with E-state index in [9.17, 15) is 13.6 Å². The molecule has 208 valence electrons. The van der Waals surface area contributed by atoms with Crippen molar-refractivity contribution < 1.29 is 13.6 Å². The number of rotatable bonds is 5. The van der Waals surface area contributed by atoms with Gasteiger partial charge in [-0.15, -0.1) is 0 Å². The molecule has 2 aromatic carbocycles. The van der Waals surface area contributed by atoms with E-state index >= 15 is 0 Å². The molecule has 0 spiro atoms. The zero-order valence-corrected chi connectivity index (χ0v) is 24.1. The third-order valence-electron chi connectivity index (χ3n) is 8.61. The zero-order chi connectivity index (χ0) is 28.1. The Morgan fingerprint density at radius 3 is 2.46 bits per heavy atom. The van der Waals surface area contributed by atoms with E-state index in [2.05, 4.69) is 16.9 Å². The van der Waals surface area contributed by atoms with Crippen molar-refractivity contribution in [2.24, 2.45) is 5.92 Å². The number of halogens is 4. The second-order valence-corrected chi connectivity index (χ2v) is 12.1. The van der Waals surface area contributed by atoms with Crippen molar-refractivity contribution in [1.29, 1.82) is 0 Å². The molecule has 1 amide bonds. The Balaban J connectivity index is 1.36. The molecule has 1 aromatic heterocycles. The van der Waals surface area contributed by atoms with Crippen LogP contribution in [-0.2, 0) is 4.79 Å². The van der Waals surface area contributed by atoms with Gasteiger partial charge in [0.25, 0.3) is 0 Å². The molecular weight excluding hydrogens is 543 g/mol. The van der Waals surface area contributed by atoms with Gasteiger partial charge >= 0.3 is 0 Å². The minimum absolute atomic E-state index is 0.0308. The molecular formula is C29H33Cl2F2N5O. The quantitative estimate of drug-likeness (QED) is 0.354. The lowest BCUT2D eigenvalue weighted by Gasteiger charge is -2.35. The fourth-order valence-corrected chi connectivity index (χ4v) is 6.55. The molecule has 0 radical (unpaired) electrons. The molecule has 5 rings (SSSR count). The largest absolute Gasteiger partial charge is 0.342 e. The van der Waals surface area contributed by atoms with E-state index in [1.807, 2.05) is 25.9 Å². The summed E-state index contributed by atoms with van der Waals surface area (Å²) in [5.74, 6) is -0.349. The van der Waals surface area contributed by atoms with Crippen LogP contribution in [0.3, 0.4) is 0 Å². The number of benzene rings is 2. The van der Waals surface area contributed by atoms with Gasteiger partial charge in [-0.25, -0.2) is 18.4 Å². The van der Waals surface area contributed by atoms with Crippen LogP contribution in [0.15, 0.2) is 36.4 Å². The van der Waals surface area contributed by atoms with Gasteiger partial charge in [0.1, 0.15) is 23.3 Å². The van der Waals surface area contributed by atoms with Gasteiger partial charge in [-0.05, 0) is 83.5 Å². The highest BCUT2D eigenvalue weighted by Crippen LogP contribution is 2.49. The number of piperidine rings is 1. The first-order chi connectivity index (χ1) is 18.5. The first-order valence-electron chi connectivity index (χ1n) is 13.3. The van der Waals surface area contributed by atoms with Crippen LogP contribution in [0.2, 0.25) is 10.0 Å². The molecule has 1 aliphatic heterocycles. The predicted octanol–water partition coefficient (Wildman–Crippen LogP) is 6.38. The molecule has 1 saturated heterocycles. The molecule has 10 heteroatoms. The normalized spacial score (nSPS) is 24.1. The number of carbonyl (C=O) groups excluding carboxylic acids is 1. The van der Waals surface area contributed by atoms with Gasteiger partial charge in [0, 0.05) is 47.5 Å². The van der Waals surface area contributed by atoms with Crippen LogP contribution in [0.4, 0.5) is 8.78 Å². The Morgan fingerprint density at radius 2 is 1.79 bits per heavy atom. The molecule has 1 saturated carbocycles. The number of hydrogen-bond donors (Lipinski definition) is 0. The Labute approximate surface area is 237 Å². The Bertz CT molecular complexity index is 1390. The molecule has 6 nitrogen and oxygen atoms in total. The van der Waals surface area contributed by atoms with E-state index < -0.39 is 11.6 Å². The summed E-state index contributed by atoms with van der Waals surface area (Å²) in [4.78, 5) is 22.6. The summed E-state index contributed by atoms with van der Waals surface area (Å²) in [5, 5.41) is 5.67. The number of nitrogens with zero attached hydrogens (tertiary/aromatic N) is 5. The van der Waals surface area contributed by atoms with Crippen LogP contribution in [0.5, 0.6) is 0 Å². The lowest BCUT2D eigenvalue weighted by Crippen LogP contribution is -2.43. The number of likely N-dealkylation sites (tertiary alicyclic amines) is 1. The van der Waals surface area contributed by atoms with Crippen LogP contribution in [-0.4, -0.2) is 63.2 Å². The maximum Gasteiger partial charge on any atom is 0.226 e. The summed E-state index contributed by atoms with van der Waals surface area (Å²) in [6.07, 6.45) is 2.67. The number of hydrogen-bond acceptors (Lipinski definition) is 4. The van der Waals surface area contributed by atoms with E-state index in [1.54, 1.807) is 22.9 Å². The Morgan fingerprint density at radius 1 is 1.08 bits per heavy atom. The topological polar surface area (TPSA) is 54.3 Å². The number of aromatic nitrogens is 3. The molecule has 2 heterocycles. The molecule has 1 aliphatic carbocycles. The minimum Gasteiger partial charge on any atom is -0.342 e. The van der Waals surface area contributed by atoms with Crippen molar-refractivity contribution in [2.45, 2.75) is 56.9 Å². The van der Waals surface area contributed by atoms with E-state index in [4.69, 9.17) is 28.2 Å². The number of amides is 1. The lowest BCUT2D eigenvalue weighted by atomic mass is 9.86. The summed E-state index contributed by atoms with van der Waals surface area (Å²) >= 11 is 12.7. The highest BCUT2D eigenvalue weighted by Gasteiger charge is 2.49. The van der Waals surface area contributed by atoms with E-state index in [-0.39, 0.29) is 29.2 Å². The summed E-state index contributed by atoms with van der Waals surface area (Å²) in [5.41, 5.74) is 0.822. The van der Waals surface area contributed by atoms with Gasteiger partial charge in [-0.1, -0.05) is 29.3 Å². The summed E-state index contributed by atoms with van der Waals surface area (Å²) in [6.45, 7) is 5.07. The predicted molar refractivity (Wildman–Crippen MR) is 149 cm³/mol.